The number of fused-ring (bicyclic) bond motifs is 1. The van der Waals surface area contributed by atoms with Gasteiger partial charge in [0.1, 0.15) is 11.3 Å². The Morgan fingerprint density at radius 1 is 0.789 bits per heavy atom. The van der Waals surface area contributed by atoms with Crippen molar-refractivity contribution in [1.82, 2.24) is 0 Å². The summed E-state index contributed by atoms with van der Waals surface area (Å²) in [6, 6.07) is 18.4. The van der Waals surface area contributed by atoms with Crippen LogP contribution in [0.15, 0.2) is 69.9 Å². The Morgan fingerprint density at radius 2 is 1.42 bits per heavy atom. The van der Waals surface area contributed by atoms with Crippen LogP contribution < -0.4 is 5.43 Å². The third-order valence-electron chi connectivity index (χ3n) is 2.69. The van der Waals surface area contributed by atoms with E-state index in [9.17, 15) is 4.79 Å². The fraction of sp³-hybridized carbons (Fsp3) is 0. The van der Waals surface area contributed by atoms with Crippen molar-refractivity contribution in [2.24, 2.45) is 0 Å². The Hall–Kier alpha value is -1.77. The summed E-state index contributed by atoms with van der Waals surface area (Å²) >= 11 is 0. The molecule has 1 heterocycles. The average molecular weight is 295 g/mol. The molecule has 4 heteroatoms. The lowest BCUT2D eigenvalue weighted by Gasteiger charge is -2.02. The summed E-state index contributed by atoms with van der Waals surface area (Å²) in [5, 5.41) is 0.618. The molecule has 0 saturated carbocycles. The normalized spacial score (nSPS) is 9.47. The molecule has 0 bridgehead atoms. The second-order valence-corrected chi connectivity index (χ2v) is 3.84. The Balaban J connectivity index is 0.000000902. The summed E-state index contributed by atoms with van der Waals surface area (Å²) in [6.45, 7) is 0. The summed E-state index contributed by atoms with van der Waals surface area (Å²) in [7, 11) is 0. The lowest BCUT2D eigenvalue weighted by atomic mass is 10.1. The van der Waals surface area contributed by atoms with Gasteiger partial charge in [0.25, 0.3) is 0 Å². The largest absolute Gasteiger partial charge is 0.456 e. The van der Waals surface area contributed by atoms with E-state index in [0.717, 1.165) is 5.56 Å². The molecular formula is C15H12Cl2O2. The Kier molecular flexibility index (Phi) is 5.16. The summed E-state index contributed by atoms with van der Waals surface area (Å²) in [5.74, 6) is 0.606. The van der Waals surface area contributed by atoms with Crippen LogP contribution in [-0.2, 0) is 0 Å². The molecule has 98 valence electrons. The average Bonchev–Trinajstić information content (AvgIpc) is 2.40. The Labute approximate surface area is 122 Å². The molecule has 19 heavy (non-hydrogen) atoms. The van der Waals surface area contributed by atoms with Gasteiger partial charge < -0.3 is 4.42 Å². The van der Waals surface area contributed by atoms with E-state index in [-0.39, 0.29) is 30.2 Å². The number of para-hydroxylation sites is 1. The van der Waals surface area contributed by atoms with Crippen LogP contribution in [-0.4, -0.2) is 0 Å². The number of rotatable bonds is 1. The van der Waals surface area contributed by atoms with Crippen molar-refractivity contribution in [3.8, 4) is 11.3 Å². The van der Waals surface area contributed by atoms with Crippen LogP contribution in [0.1, 0.15) is 0 Å². The van der Waals surface area contributed by atoms with Crippen LogP contribution >= 0.6 is 24.8 Å². The van der Waals surface area contributed by atoms with Crippen molar-refractivity contribution in [1.29, 1.82) is 0 Å². The van der Waals surface area contributed by atoms with Gasteiger partial charge in [-0.25, -0.2) is 0 Å². The summed E-state index contributed by atoms with van der Waals surface area (Å²) in [6.07, 6.45) is 0. The maximum atomic E-state index is 11.9. The summed E-state index contributed by atoms with van der Waals surface area (Å²) in [5.41, 5.74) is 1.53. The van der Waals surface area contributed by atoms with Gasteiger partial charge in [-0.3, -0.25) is 4.79 Å². The van der Waals surface area contributed by atoms with E-state index in [1.54, 1.807) is 6.07 Å². The molecule has 0 amide bonds. The molecule has 0 aliphatic heterocycles. The van der Waals surface area contributed by atoms with E-state index in [1.807, 2.05) is 48.5 Å². The van der Waals surface area contributed by atoms with Gasteiger partial charge in [0.2, 0.25) is 0 Å². The highest BCUT2D eigenvalue weighted by Crippen LogP contribution is 2.21. The second-order valence-electron chi connectivity index (χ2n) is 3.84. The summed E-state index contributed by atoms with van der Waals surface area (Å²) < 4.78 is 5.73. The Bertz CT molecular complexity index is 721. The standard InChI is InChI=1S/C15H10O2.2ClH/c16-13-10-15(11-6-2-1-3-7-11)17-14-9-5-4-8-12(13)14;;/h1-10H;2*1H. The van der Waals surface area contributed by atoms with E-state index in [1.165, 1.54) is 6.07 Å². The van der Waals surface area contributed by atoms with Crippen molar-refractivity contribution in [2.75, 3.05) is 0 Å². The van der Waals surface area contributed by atoms with Crippen molar-refractivity contribution >= 4 is 35.8 Å². The van der Waals surface area contributed by atoms with Crippen molar-refractivity contribution in [3.63, 3.8) is 0 Å². The van der Waals surface area contributed by atoms with E-state index in [0.29, 0.717) is 16.7 Å². The first-order chi connectivity index (χ1) is 8.34. The highest BCUT2D eigenvalue weighted by molar-refractivity contribution is 5.85. The molecule has 0 saturated heterocycles. The molecule has 0 unspecified atom stereocenters. The van der Waals surface area contributed by atoms with Gasteiger partial charge in [0, 0.05) is 11.6 Å². The first-order valence-electron chi connectivity index (χ1n) is 5.43. The molecular weight excluding hydrogens is 283 g/mol. The number of benzene rings is 2. The lowest BCUT2D eigenvalue weighted by Crippen LogP contribution is -1.99. The molecule has 0 radical (unpaired) electrons. The predicted molar refractivity (Wildman–Crippen MR) is 82.4 cm³/mol. The van der Waals surface area contributed by atoms with Crippen LogP contribution in [0.3, 0.4) is 0 Å². The van der Waals surface area contributed by atoms with E-state index in [2.05, 4.69) is 0 Å². The topological polar surface area (TPSA) is 30.2 Å². The minimum absolute atomic E-state index is 0. The second kappa shape index (κ2) is 6.41. The maximum Gasteiger partial charge on any atom is 0.193 e. The number of hydrogen-bond acceptors (Lipinski definition) is 2. The minimum Gasteiger partial charge on any atom is -0.456 e. The smallest absolute Gasteiger partial charge is 0.193 e. The van der Waals surface area contributed by atoms with Crippen molar-refractivity contribution in [2.45, 2.75) is 0 Å². The van der Waals surface area contributed by atoms with Crippen LogP contribution in [0.5, 0.6) is 0 Å². The van der Waals surface area contributed by atoms with Gasteiger partial charge in [-0.15, -0.1) is 24.8 Å². The van der Waals surface area contributed by atoms with Crippen LogP contribution in [0, 0.1) is 0 Å². The summed E-state index contributed by atoms with van der Waals surface area (Å²) in [4.78, 5) is 11.9. The fourth-order valence-electron chi connectivity index (χ4n) is 1.85. The third kappa shape index (κ3) is 2.98. The highest BCUT2D eigenvalue weighted by atomic mass is 35.5. The zero-order valence-electron chi connectivity index (χ0n) is 9.91. The van der Waals surface area contributed by atoms with E-state index in [4.69, 9.17) is 4.42 Å². The van der Waals surface area contributed by atoms with Gasteiger partial charge >= 0.3 is 0 Å². The van der Waals surface area contributed by atoms with Gasteiger partial charge in [-0.2, -0.15) is 0 Å². The monoisotopic (exact) mass is 294 g/mol. The minimum atomic E-state index is -0.00861. The zero-order valence-corrected chi connectivity index (χ0v) is 11.5. The van der Waals surface area contributed by atoms with Crippen LogP contribution in [0.2, 0.25) is 0 Å². The molecule has 0 atom stereocenters. The van der Waals surface area contributed by atoms with Gasteiger partial charge in [-0.05, 0) is 12.1 Å². The quantitative estimate of drug-likeness (QED) is 0.670. The maximum absolute atomic E-state index is 11.9. The van der Waals surface area contributed by atoms with Crippen molar-refractivity contribution < 1.29 is 4.42 Å². The fourth-order valence-corrected chi connectivity index (χ4v) is 1.85. The molecule has 0 N–H and O–H groups in total. The molecule has 3 aromatic rings. The van der Waals surface area contributed by atoms with Gasteiger partial charge in [0.05, 0.1) is 5.39 Å². The number of halogens is 2. The molecule has 0 spiro atoms. The molecule has 1 aromatic heterocycles. The first-order valence-corrected chi connectivity index (χ1v) is 5.43. The number of hydrogen-bond donors (Lipinski definition) is 0. The zero-order chi connectivity index (χ0) is 11.7. The SMILES string of the molecule is Cl.Cl.O=c1cc(-c2ccccc2)oc2ccccc12. The Morgan fingerprint density at radius 3 is 2.16 bits per heavy atom. The van der Waals surface area contributed by atoms with Gasteiger partial charge in [-0.1, -0.05) is 42.5 Å². The molecule has 2 aromatic carbocycles. The molecule has 0 aliphatic carbocycles. The third-order valence-corrected chi connectivity index (χ3v) is 2.69. The first kappa shape index (κ1) is 15.3. The molecule has 2 nitrogen and oxygen atoms in total. The van der Waals surface area contributed by atoms with Crippen molar-refractivity contribution in [3.05, 3.63) is 70.9 Å². The van der Waals surface area contributed by atoms with E-state index < -0.39 is 0 Å². The molecule has 3 rings (SSSR count). The molecule has 0 fully saturated rings. The van der Waals surface area contributed by atoms with Crippen LogP contribution in [0.25, 0.3) is 22.3 Å². The highest BCUT2D eigenvalue weighted by Gasteiger charge is 2.05. The predicted octanol–water partition coefficient (Wildman–Crippen LogP) is 4.30. The molecule has 0 aliphatic rings. The van der Waals surface area contributed by atoms with Crippen LogP contribution in [0.4, 0.5) is 0 Å². The van der Waals surface area contributed by atoms with E-state index >= 15 is 0 Å². The lowest BCUT2D eigenvalue weighted by molar-refractivity contribution is 0.619. The van der Waals surface area contributed by atoms with Gasteiger partial charge in [0.15, 0.2) is 5.43 Å².